The van der Waals surface area contributed by atoms with E-state index in [1.165, 1.54) is 11.3 Å². The lowest BCUT2D eigenvalue weighted by Crippen LogP contribution is -2.29. The molecule has 0 aliphatic carbocycles. The number of ether oxygens (including phenoxy) is 1. The van der Waals surface area contributed by atoms with Crippen LogP contribution in [0.3, 0.4) is 0 Å². The van der Waals surface area contributed by atoms with Crippen LogP contribution in [0.1, 0.15) is 5.56 Å². The van der Waals surface area contributed by atoms with Crippen LogP contribution in [-0.2, 0) is 6.54 Å². The molecule has 6 nitrogen and oxygen atoms in total. The van der Waals surface area contributed by atoms with E-state index in [2.05, 4.69) is 5.10 Å². The Balaban J connectivity index is 1.60. The highest BCUT2D eigenvalue weighted by atomic mass is 32.1. The standard InChI is InChI=1S/C16H16N2O4S/c1-11-4-6-13(7-5-11)21-10-12(19)9-18-16(20)22-15(17-18)14-3-2-8-23-14/h2-8,12,19H,9-10H2,1H3. The average Bonchev–Trinajstić information content (AvgIpc) is 3.17. The van der Waals surface area contributed by atoms with Crippen LogP contribution < -0.4 is 10.5 Å². The van der Waals surface area contributed by atoms with Crippen molar-refractivity contribution < 1.29 is 14.3 Å². The van der Waals surface area contributed by atoms with Crippen LogP contribution in [0.5, 0.6) is 5.75 Å². The SMILES string of the molecule is Cc1ccc(OCC(O)Cn2nc(-c3cccs3)oc2=O)cc1. The molecule has 0 saturated carbocycles. The van der Waals surface area contributed by atoms with E-state index >= 15 is 0 Å². The smallest absolute Gasteiger partial charge is 0.437 e. The summed E-state index contributed by atoms with van der Waals surface area (Å²) in [6, 6.07) is 11.2. The second kappa shape index (κ2) is 6.80. The van der Waals surface area contributed by atoms with Crippen molar-refractivity contribution in [2.24, 2.45) is 0 Å². The quantitative estimate of drug-likeness (QED) is 0.749. The third kappa shape index (κ3) is 3.88. The highest BCUT2D eigenvalue weighted by molar-refractivity contribution is 7.13. The van der Waals surface area contributed by atoms with Crippen molar-refractivity contribution in [1.29, 1.82) is 0 Å². The van der Waals surface area contributed by atoms with Gasteiger partial charge in [0.25, 0.3) is 5.89 Å². The average molecular weight is 332 g/mol. The molecule has 3 rings (SSSR count). The summed E-state index contributed by atoms with van der Waals surface area (Å²) >= 11 is 1.43. The molecule has 0 spiro atoms. The lowest BCUT2D eigenvalue weighted by molar-refractivity contribution is 0.0875. The van der Waals surface area contributed by atoms with Crippen LogP contribution in [0.15, 0.2) is 51.0 Å². The molecule has 0 bridgehead atoms. The Kier molecular flexibility index (Phi) is 4.59. The molecule has 23 heavy (non-hydrogen) atoms. The number of benzene rings is 1. The number of aliphatic hydroxyl groups excluding tert-OH is 1. The van der Waals surface area contributed by atoms with Gasteiger partial charge in [-0.1, -0.05) is 23.8 Å². The van der Waals surface area contributed by atoms with Crippen LogP contribution in [0.2, 0.25) is 0 Å². The number of thiophene rings is 1. The van der Waals surface area contributed by atoms with Crippen molar-refractivity contribution in [2.75, 3.05) is 6.61 Å². The van der Waals surface area contributed by atoms with E-state index in [1.54, 1.807) is 0 Å². The van der Waals surface area contributed by atoms with Gasteiger partial charge in [0.2, 0.25) is 0 Å². The zero-order valence-electron chi connectivity index (χ0n) is 12.5. The molecule has 0 radical (unpaired) electrons. The van der Waals surface area contributed by atoms with E-state index in [9.17, 15) is 9.90 Å². The maximum absolute atomic E-state index is 11.8. The Bertz CT molecular complexity index is 805. The van der Waals surface area contributed by atoms with Crippen molar-refractivity contribution in [3.63, 3.8) is 0 Å². The summed E-state index contributed by atoms with van der Waals surface area (Å²) in [5.41, 5.74) is 1.13. The summed E-state index contributed by atoms with van der Waals surface area (Å²) in [6.45, 7) is 2.07. The second-order valence-corrected chi connectivity index (χ2v) is 6.06. The molecule has 0 aliphatic heterocycles. The minimum absolute atomic E-state index is 0.0135. The maximum Gasteiger partial charge on any atom is 0.437 e. The minimum atomic E-state index is -0.865. The maximum atomic E-state index is 11.8. The van der Waals surface area contributed by atoms with Gasteiger partial charge in [-0.05, 0) is 30.5 Å². The van der Waals surface area contributed by atoms with Crippen molar-refractivity contribution in [2.45, 2.75) is 19.6 Å². The van der Waals surface area contributed by atoms with Gasteiger partial charge in [-0.15, -0.1) is 16.4 Å². The number of rotatable bonds is 6. The number of aromatic nitrogens is 2. The first-order valence-electron chi connectivity index (χ1n) is 7.11. The van der Waals surface area contributed by atoms with E-state index in [0.717, 1.165) is 15.1 Å². The lowest BCUT2D eigenvalue weighted by atomic mass is 10.2. The first kappa shape index (κ1) is 15.5. The van der Waals surface area contributed by atoms with Gasteiger partial charge in [0, 0.05) is 0 Å². The van der Waals surface area contributed by atoms with Crippen molar-refractivity contribution in [1.82, 2.24) is 9.78 Å². The highest BCUT2D eigenvalue weighted by Crippen LogP contribution is 2.21. The largest absolute Gasteiger partial charge is 0.491 e. The third-order valence-electron chi connectivity index (χ3n) is 3.19. The summed E-state index contributed by atoms with van der Waals surface area (Å²) in [5.74, 6) is 0.334. The van der Waals surface area contributed by atoms with Crippen molar-refractivity contribution in [3.8, 4) is 16.5 Å². The fourth-order valence-corrected chi connectivity index (χ4v) is 2.64. The number of hydrogen-bond acceptors (Lipinski definition) is 6. The predicted octanol–water partition coefficient (Wildman–Crippen LogP) is 2.31. The minimum Gasteiger partial charge on any atom is -0.491 e. The normalized spacial score (nSPS) is 12.3. The van der Waals surface area contributed by atoms with Gasteiger partial charge in [-0.3, -0.25) is 0 Å². The van der Waals surface area contributed by atoms with Gasteiger partial charge in [0.05, 0.1) is 11.4 Å². The van der Waals surface area contributed by atoms with Crippen LogP contribution in [0.25, 0.3) is 10.8 Å². The Morgan fingerprint density at radius 1 is 1.35 bits per heavy atom. The van der Waals surface area contributed by atoms with Gasteiger partial charge in [-0.2, -0.15) is 4.68 Å². The van der Waals surface area contributed by atoms with Crippen LogP contribution >= 0.6 is 11.3 Å². The fourth-order valence-electron chi connectivity index (χ4n) is 2.00. The molecule has 1 N–H and O–H groups in total. The summed E-state index contributed by atoms with van der Waals surface area (Å²) in [4.78, 5) is 12.5. The molecule has 0 aliphatic rings. The number of hydrogen-bond donors (Lipinski definition) is 1. The molecule has 2 aromatic heterocycles. The van der Waals surface area contributed by atoms with Crippen molar-refractivity contribution >= 4 is 11.3 Å². The van der Waals surface area contributed by atoms with E-state index < -0.39 is 11.9 Å². The van der Waals surface area contributed by atoms with Crippen LogP contribution in [0, 0.1) is 6.92 Å². The Morgan fingerprint density at radius 2 is 2.13 bits per heavy atom. The number of nitrogens with zero attached hydrogens (tertiary/aromatic N) is 2. The Labute approximate surface area is 136 Å². The molecule has 1 aromatic carbocycles. The lowest BCUT2D eigenvalue weighted by Gasteiger charge is -2.11. The van der Waals surface area contributed by atoms with E-state index in [-0.39, 0.29) is 19.0 Å². The first-order valence-corrected chi connectivity index (χ1v) is 7.99. The number of aliphatic hydroxyl groups is 1. The molecule has 2 heterocycles. The zero-order valence-corrected chi connectivity index (χ0v) is 13.3. The number of aryl methyl sites for hydroxylation is 1. The summed E-state index contributed by atoms with van der Waals surface area (Å²) in [6.07, 6.45) is -0.865. The van der Waals surface area contributed by atoms with Crippen molar-refractivity contribution in [3.05, 3.63) is 57.9 Å². The molecule has 0 amide bonds. The van der Waals surface area contributed by atoms with E-state index in [4.69, 9.17) is 9.15 Å². The molecule has 1 atom stereocenters. The zero-order chi connectivity index (χ0) is 16.2. The Hall–Kier alpha value is -2.38. The van der Waals surface area contributed by atoms with Crippen LogP contribution in [-0.4, -0.2) is 27.6 Å². The molecule has 120 valence electrons. The summed E-state index contributed by atoms with van der Waals surface area (Å²) in [5, 5.41) is 16.0. The first-order chi connectivity index (χ1) is 11.1. The summed E-state index contributed by atoms with van der Waals surface area (Å²) in [7, 11) is 0. The van der Waals surface area contributed by atoms with Gasteiger partial charge >= 0.3 is 5.76 Å². The molecular weight excluding hydrogens is 316 g/mol. The molecular formula is C16H16N2O4S. The molecule has 3 aromatic rings. The van der Waals surface area contributed by atoms with Gasteiger partial charge in [0.1, 0.15) is 18.5 Å². The second-order valence-electron chi connectivity index (χ2n) is 5.11. The third-order valence-corrected chi connectivity index (χ3v) is 4.04. The monoisotopic (exact) mass is 332 g/mol. The van der Waals surface area contributed by atoms with Gasteiger partial charge < -0.3 is 14.3 Å². The summed E-state index contributed by atoms with van der Waals surface area (Å²) < 4.78 is 11.7. The van der Waals surface area contributed by atoms with E-state index in [0.29, 0.717) is 5.75 Å². The van der Waals surface area contributed by atoms with Crippen LogP contribution in [0.4, 0.5) is 0 Å². The molecule has 7 heteroatoms. The van der Waals surface area contributed by atoms with Gasteiger partial charge in [0.15, 0.2) is 0 Å². The van der Waals surface area contributed by atoms with Gasteiger partial charge in [-0.25, -0.2) is 4.79 Å². The highest BCUT2D eigenvalue weighted by Gasteiger charge is 2.14. The molecule has 1 unspecified atom stereocenters. The predicted molar refractivity (Wildman–Crippen MR) is 86.8 cm³/mol. The molecule has 0 fully saturated rings. The molecule has 0 saturated heterocycles. The Morgan fingerprint density at radius 3 is 2.83 bits per heavy atom. The topological polar surface area (TPSA) is 77.5 Å². The van der Waals surface area contributed by atoms with E-state index in [1.807, 2.05) is 48.7 Å². The fraction of sp³-hybridized carbons (Fsp3) is 0.250.